The lowest BCUT2D eigenvalue weighted by Gasteiger charge is -1.99. The summed E-state index contributed by atoms with van der Waals surface area (Å²) in [6.45, 7) is 0. The summed E-state index contributed by atoms with van der Waals surface area (Å²) in [5, 5.41) is 0.479. The number of methoxy groups -OCH3 is 1. The Morgan fingerprint density at radius 1 is 1.40 bits per heavy atom. The molecular formula is C11H9ClO3. The predicted molar refractivity (Wildman–Crippen MR) is 57.9 cm³/mol. The van der Waals surface area contributed by atoms with Crippen LogP contribution in [0, 0.1) is 0 Å². The number of carbonyl (C=O) groups is 2. The maximum Gasteiger partial charge on any atom is 0.330 e. The van der Waals surface area contributed by atoms with E-state index in [9.17, 15) is 9.59 Å². The summed E-state index contributed by atoms with van der Waals surface area (Å²) in [6.07, 6.45) is 3.44. The standard InChI is InChI=1S/C11H9ClO3/c1-15-11(14)5-3-8-2-4-10(12)6-9(8)7-13/h2-7H,1H3. The fourth-order valence-electron chi connectivity index (χ4n) is 1.03. The first-order valence-electron chi connectivity index (χ1n) is 4.18. The molecule has 1 aromatic rings. The van der Waals surface area contributed by atoms with Crippen LogP contribution in [0.4, 0.5) is 0 Å². The summed E-state index contributed by atoms with van der Waals surface area (Å²) in [5.41, 5.74) is 1.06. The van der Waals surface area contributed by atoms with Crippen LogP contribution < -0.4 is 0 Å². The van der Waals surface area contributed by atoms with Gasteiger partial charge < -0.3 is 4.74 Å². The fourth-order valence-corrected chi connectivity index (χ4v) is 1.21. The number of halogens is 1. The van der Waals surface area contributed by atoms with Crippen molar-refractivity contribution in [2.45, 2.75) is 0 Å². The van der Waals surface area contributed by atoms with Crippen molar-refractivity contribution in [3.05, 3.63) is 40.4 Å². The molecule has 0 fully saturated rings. The van der Waals surface area contributed by atoms with Crippen LogP contribution in [0.25, 0.3) is 6.08 Å². The number of rotatable bonds is 3. The Hall–Kier alpha value is -1.61. The molecule has 0 heterocycles. The molecule has 1 rings (SSSR count). The quantitative estimate of drug-likeness (QED) is 0.450. The molecule has 0 bridgehead atoms. The zero-order chi connectivity index (χ0) is 11.3. The molecule has 0 atom stereocenters. The number of hydrogen-bond acceptors (Lipinski definition) is 3. The summed E-state index contributed by atoms with van der Waals surface area (Å²) in [4.78, 5) is 21.5. The van der Waals surface area contributed by atoms with Gasteiger partial charge in [-0.3, -0.25) is 4.79 Å². The first-order chi connectivity index (χ1) is 7.17. The van der Waals surface area contributed by atoms with Gasteiger partial charge in [0.15, 0.2) is 6.29 Å². The van der Waals surface area contributed by atoms with Gasteiger partial charge in [-0.2, -0.15) is 0 Å². The molecule has 0 amide bonds. The molecule has 0 saturated carbocycles. The Morgan fingerprint density at radius 3 is 2.73 bits per heavy atom. The van der Waals surface area contributed by atoms with E-state index in [0.29, 0.717) is 22.4 Å². The first kappa shape index (κ1) is 11.5. The second-order valence-corrected chi connectivity index (χ2v) is 3.18. The lowest BCUT2D eigenvalue weighted by molar-refractivity contribution is -0.134. The average molecular weight is 225 g/mol. The highest BCUT2D eigenvalue weighted by molar-refractivity contribution is 6.30. The zero-order valence-corrected chi connectivity index (χ0v) is 8.82. The fraction of sp³-hybridized carbons (Fsp3) is 0.0909. The van der Waals surface area contributed by atoms with Crippen molar-refractivity contribution in [3.63, 3.8) is 0 Å². The van der Waals surface area contributed by atoms with Gasteiger partial charge in [-0.15, -0.1) is 0 Å². The summed E-state index contributed by atoms with van der Waals surface area (Å²) < 4.78 is 4.43. The molecule has 4 heteroatoms. The SMILES string of the molecule is COC(=O)C=Cc1ccc(Cl)cc1C=O. The second kappa shape index (κ2) is 5.32. The Labute approximate surface area is 92.3 Å². The molecule has 15 heavy (non-hydrogen) atoms. The molecule has 0 aliphatic heterocycles. The molecule has 3 nitrogen and oxygen atoms in total. The van der Waals surface area contributed by atoms with Crippen molar-refractivity contribution in [1.29, 1.82) is 0 Å². The highest BCUT2D eigenvalue weighted by Crippen LogP contribution is 2.15. The lowest BCUT2D eigenvalue weighted by Crippen LogP contribution is -1.94. The van der Waals surface area contributed by atoms with Crippen LogP contribution in [0.3, 0.4) is 0 Å². The molecule has 0 radical (unpaired) electrons. The van der Waals surface area contributed by atoms with Gasteiger partial charge >= 0.3 is 5.97 Å². The van der Waals surface area contributed by atoms with Gasteiger partial charge in [0.1, 0.15) is 0 Å². The van der Waals surface area contributed by atoms with Crippen molar-refractivity contribution < 1.29 is 14.3 Å². The van der Waals surface area contributed by atoms with E-state index in [4.69, 9.17) is 11.6 Å². The van der Waals surface area contributed by atoms with Crippen molar-refractivity contribution in [2.24, 2.45) is 0 Å². The topological polar surface area (TPSA) is 43.4 Å². The van der Waals surface area contributed by atoms with E-state index in [0.717, 1.165) is 0 Å². The molecule has 0 saturated heterocycles. The molecule has 0 spiro atoms. The minimum Gasteiger partial charge on any atom is -0.466 e. The Morgan fingerprint density at radius 2 is 2.13 bits per heavy atom. The predicted octanol–water partition coefficient (Wildman–Crippen LogP) is 2.34. The largest absolute Gasteiger partial charge is 0.466 e. The van der Waals surface area contributed by atoms with Crippen LogP contribution in [0.1, 0.15) is 15.9 Å². The number of ether oxygens (including phenoxy) is 1. The highest BCUT2D eigenvalue weighted by Gasteiger charge is 2.00. The molecular weight excluding hydrogens is 216 g/mol. The number of esters is 1. The zero-order valence-electron chi connectivity index (χ0n) is 8.07. The van der Waals surface area contributed by atoms with E-state index in [-0.39, 0.29) is 0 Å². The Kier molecular flexibility index (Phi) is 4.06. The van der Waals surface area contributed by atoms with E-state index in [1.807, 2.05) is 0 Å². The summed E-state index contributed by atoms with van der Waals surface area (Å²) in [7, 11) is 1.29. The van der Waals surface area contributed by atoms with E-state index in [1.165, 1.54) is 25.3 Å². The van der Waals surface area contributed by atoms with Gasteiger partial charge in [-0.25, -0.2) is 4.79 Å². The smallest absolute Gasteiger partial charge is 0.330 e. The minimum atomic E-state index is -0.471. The third-order valence-corrected chi connectivity index (χ3v) is 2.01. The van der Waals surface area contributed by atoms with E-state index in [2.05, 4.69) is 4.74 Å². The monoisotopic (exact) mass is 224 g/mol. The Balaban J connectivity index is 2.99. The number of benzene rings is 1. The number of aldehydes is 1. The van der Waals surface area contributed by atoms with Crippen molar-refractivity contribution in [3.8, 4) is 0 Å². The van der Waals surface area contributed by atoms with Crippen molar-refractivity contribution in [1.82, 2.24) is 0 Å². The third kappa shape index (κ3) is 3.22. The summed E-state index contributed by atoms with van der Waals surface area (Å²) in [5.74, 6) is -0.471. The van der Waals surface area contributed by atoms with Gasteiger partial charge in [0, 0.05) is 16.7 Å². The van der Waals surface area contributed by atoms with Crippen LogP contribution in [-0.2, 0) is 9.53 Å². The van der Waals surface area contributed by atoms with Crippen LogP contribution in [-0.4, -0.2) is 19.4 Å². The maximum atomic E-state index is 10.8. The second-order valence-electron chi connectivity index (χ2n) is 2.75. The molecule has 1 aromatic carbocycles. The molecule has 0 aromatic heterocycles. The molecule has 0 aliphatic carbocycles. The minimum absolute atomic E-state index is 0.433. The molecule has 0 N–H and O–H groups in total. The van der Waals surface area contributed by atoms with E-state index in [1.54, 1.807) is 12.1 Å². The van der Waals surface area contributed by atoms with Gasteiger partial charge in [0.05, 0.1) is 7.11 Å². The van der Waals surface area contributed by atoms with E-state index < -0.39 is 5.97 Å². The van der Waals surface area contributed by atoms with Crippen LogP contribution in [0.5, 0.6) is 0 Å². The summed E-state index contributed by atoms with van der Waals surface area (Å²) >= 11 is 5.71. The number of hydrogen-bond donors (Lipinski definition) is 0. The van der Waals surface area contributed by atoms with Gasteiger partial charge in [0.25, 0.3) is 0 Å². The maximum absolute atomic E-state index is 10.8. The van der Waals surface area contributed by atoms with Crippen molar-refractivity contribution in [2.75, 3.05) is 7.11 Å². The Bertz CT molecular complexity index is 410. The van der Waals surface area contributed by atoms with Crippen LogP contribution >= 0.6 is 11.6 Å². The normalized spacial score (nSPS) is 10.3. The van der Waals surface area contributed by atoms with Crippen LogP contribution in [0.15, 0.2) is 24.3 Å². The van der Waals surface area contributed by atoms with Gasteiger partial charge in [0.2, 0.25) is 0 Å². The average Bonchev–Trinajstić information content (AvgIpc) is 2.26. The number of carbonyl (C=O) groups excluding carboxylic acids is 2. The van der Waals surface area contributed by atoms with Gasteiger partial charge in [-0.1, -0.05) is 17.7 Å². The van der Waals surface area contributed by atoms with E-state index >= 15 is 0 Å². The van der Waals surface area contributed by atoms with Gasteiger partial charge in [-0.05, 0) is 23.8 Å². The molecule has 0 aliphatic rings. The third-order valence-electron chi connectivity index (χ3n) is 1.78. The van der Waals surface area contributed by atoms with Crippen molar-refractivity contribution >= 4 is 29.9 Å². The first-order valence-corrected chi connectivity index (χ1v) is 4.56. The molecule has 78 valence electrons. The summed E-state index contributed by atoms with van der Waals surface area (Å²) in [6, 6.07) is 4.84. The highest BCUT2D eigenvalue weighted by atomic mass is 35.5. The van der Waals surface area contributed by atoms with Crippen LogP contribution in [0.2, 0.25) is 5.02 Å². The molecule has 0 unspecified atom stereocenters. The lowest BCUT2D eigenvalue weighted by atomic mass is 10.1.